The Kier molecular flexibility index (Phi) is 6.22. The highest BCUT2D eigenvalue weighted by atomic mass is 28.3. The van der Waals surface area contributed by atoms with Gasteiger partial charge in [0.2, 0.25) is 0 Å². The van der Waals surface area contributed by atoms with Crippen molar-refractivity contribution in [3.05, 3.63) is 208 Å². The minimum Gasteiger partial charge on any atom is -0.237 e. The molecule has 2 aliphatic rings. The highest BCUT2D eigenvalue weighted by Gasteiger charge is 2.61. The Hall–Kier alpha value is -4.72. The summed E-state index contributed by atoms with van der Waals surface area (Å²) in [4.78, 5) is 0. The average Bonchev–Trinajstić information content (AvgIpc) is 3.49. The fraction of sp³-hybridized carbons (Fsp3) is 0.116. The summed E-state index contributed by atoms with van der Waals surface area (Å²) in [5, 5.41) is 0.912. The lowest BCUT2D eigenvalue weighted by molar-refractivity contribution is 0.915. The second kappa shape index (κ2) is 10.2. The van der Waals surface area contributed by atoms with Crippen LogP contribution in [0.2, 0.25) is 0 Å². The molecule has 8 rings (SSSR count). The molecule has 2 aliphatic heterocycles. The molecule has 0 amide bonds. The molecule has 6 aromatic carbocycles. The molecule has 0 unspecified atom stereocenters. The van der Waals surface area contributed by atoms with Gasteiger partial charge in [-0.2, -0.15) is 5.19 Å². The number of hydrogen-bond donors (Lipinski definition) is 0. The summed E-state index contributed by atoms with van der Waals surface area (Å²) in [5.74, 6) is 0. The first kappa shape index (κ1) is 26.9. The first-order valence-corrected chi connectivity index (χ1v) is 17.1. The minimum atomic E-state index is -1.56. The van der Waals surface area contributed by atoms with Crippen molar-refractivity contribution in [1.82, 2.24) is 0 Å². The van der Waals surface area contributed by atoms with Crippen molar-refractivity contribution in [2.24, 2.45) is 0 Å². The molecule has 0 radical (unpaired) electrons. The first-order valence-electron chi connectivity index (χ1n) is 15.6. The normalized spacial score (nSPS) is 20.2. The lowest BCUT2D eigenvalue weighted by Crippen LogP contribution is -2.57. The van der Waals surface area contributed by atoms with Gasteiger partial charge in [-0.3, -0.25) is 0 Å². The van der Waals surface area contributed by atoms with Crippen LogP contribution in [-0.4, -0.2) is 8.80 Å². The highest BCUT2D eigenvalue weighted by Crippen LogP contribution is 2.71. The molecule has 0 aliphatic carbocycles. The van der Waals surface area contributed by atoms with Crippen molar-refractivity contribution < 1.29 is 0 Å². The Bertz CT molecular complexity index is 1880. The van der Waals surface area contributed by atoms with Gasteiger partial charge in [0.25, 0.3) is 0 Å². The van der Waals surface area contributed by atoms with Gasteiger partial charge >= 0.3 is 0 Å². The Morgan fingerprint density at radius 1 is 0.409 bits per heavy atom. The smallest absolute Gasteiger partial charge is 0.0238 e. The SMILES string of the molecule is Cc1cc(C)c([Si-]2[C@]3(c4ccccc4)C(c4ccccc4)=C(c4ccccc4)[C@@]2(c2ccccc2)c2ccccc23)c(C)c1. The van der Waals surface area contributed by atoms with Gasteiger partial charge in [-0.1, -0.05) is 218 Å². The van der Waals surface area contributed by atoms with Crippen LogP contribution in [0.5, 0.6) is 0 Å². The zero-order chi connectivity index (χ0) is 29.9. The quantitative estimate of drug-likeness (QED) is 0.179. The van der Waals surface area contributed by atoms with Crippen molar-refractivity contribution in [3.63, 3.8) is 0 Å². The van der Waals surface area contributed by atoms with Crippen molar-refractivity contribution >= 4 is 25.1 Å². The van der Waals surface area contributed by atoms with E-state index in [4.69, 9.17) is 0 Å². The van der Waals surface area contributed by atoms with Crippen LogP contribution in [0.25, 0.3) is 11.1 Å². The lowest BCUT2D eigenvalue weighted by Gasteiger charge is -2.53. The van der Waals surface area contributed by atoms with Gasteiger partial charge < -0.3 is 0 Å². The first-order chi connectivity index (χ1) is 21.6. The lowest BCUT2D eigenvalue weighted by atomic mass is 9.65. The number of benzene rings is 6. The standard InChI is InChI=1S/C43H35Si/c1-30-28-31(2)41(32(3)29-30)44-42(35-22-12-6-13-23-35)37-26-16-17-27-38(37)43(44,36-24-14-7-15-25-36)40(34-20-10-5-11-21-34)39(42)33-18-8-4-9-19-33/h4-29H,1-3H3/q-1/t42-,43+. The summed E-state index contributed by atoms with van der Waals surface area (Å²) in [5.41, 5.74) is 15.4. The summed E-state index contributed by atoms with van der Waals surface area (Å²) >= 11 is 0. The van der Waals surface area contributed by atoms with Crippen molar-refractivity contribution in [3.8, 4) is 0 Å². The molecule has 6 aromatic rings. The van der Waals surface area contributed by atoms with E-state index >= 15 is 0 Å². The monoisotopic (exact) mass is 579 g/mol. The van der Waals surface area contributed by atoms with Crippen LogP contribution in [0, 0.1) is 20.8 Å². The molecule has 0 spiro atoms. The van der Waals surface area contributed by atoms with E-state index in [0.29, 0.717) is 0 Å². The van der Waals surface area contributed by atoms with Crippen LogP contribution in [0.15, 0.2) is 158 Å². The molecular weight excluding hydrogens is 545 g/mol. The maximum Gasteiger partial charge on any atom is -0.0238 e. The van der Waals surface area contributed by atoms with Gasteiger partial charge in [-0.05, 0) is 31.9 Å². The molecule has 0 fully saturated rings. The number of rotatable bonds is 5. The van der Waals surface area contributed by atoms with Gasteiger partial charge in [0.1, 0.15) is 0 Å². The van der Waals surface area contributed by atoms with E-state index in [1.165, 1.54) is 61.2 Å². The third-order valence-corrected chi connectivity index (χ3v) is 14.4. The van der Waals surface area contributed by atoms with Crippen LogP contribution >= 0.6 is 0 Å². The van der Waals surface area contributed by atoms with E-state index in [1.807, 2.05) is 0 Å². The molecular formula is C43H35Si-. The van der Waals surface area contributed by atoms with E-state index in [-0.39, 0.29) is 10.1 Å². The summed E-state index contributed by atoms with van der Waals surface area (Å²) in [6, 6.07) is 59.7. The van der Waals surface area contributed by atoms with Crippen molar-refractivity contribution in [1.29, 1.82) is 0 Å². The van der Waals surface area contributed by atoms with Crippen LogP contribution in [0.3, 0.4) is 0 Å². The largest absolute Gasteiger partial charge is 0.237 e. The molecule has 2 atom stereocenters. The summed E-state index contributed by atoms with van der Waals surface area (Å²) < 4.78 is 0. The molecule has 0 aromatic heterocycles. The Labute approximate surface area is 263 Å². The van der Waals surface area contributed by atoms with E-state index in [9.17, 15) is 0 Å². The zero-order valence-corrected chi connectivity index (χ0v) is 26.5. The molecule has 2 heterocycles. The number of allylic oxidation sites excluding steroid dienone is 2. The van der Waals surface area contributed by atoms with Gasteiger partial charge in [-0.25, -0.2) is 8.80 Å². The van der Waals surface area contributed by atoms with Gasteiger partial charge in [0, 0.05) is 0 Å². The minimum absolute atomic E-state index is 0.324. The summed E-state index contributed by atoms with van der Waals surface area (Å²) in [6.07, 6.45) is 0. The Balaban J connectivity index is 1.68. The fourth-order valence-electron chi connectivity index (χ4n) is 8.73. The number of aryl methyl sites for hydroxylation is 3. The maximum absolute atomic E-state index is 2.45. The van der Waals surface area contributed by atoms with Gasteiger partial charge in [0.05, 0.1) is 0 Å². The van der Waals surface area contributed by atoms with Crippen LogP contribution in [-0.2, 0) is 10.1 Å². The predicted molar refractivity (Wildman–Crippen MR) is 187 cm³/mol. The highest BCUT2D eigenvalue weighted by molar-refractivity contribution is 6.88. The van der Waals surface area contributed by atoms with E-state index in [2.05, 4.69) is 178 Å². The zero-order valence-electron chi connectivity index (χ0n) is 25.5. The second-order valence-corrected chi connectivity index (χ2v) is 15.2. The van der Waals surface area contributed by atoms with E-state index in [0.717, 1.165) is 0 Å². The molecule has 1 heteroatoms. The van der Waals surface area contributed by atoms with Gasteiger partial charge in [-0.15, -0.1) is 0 Å². The van der Waals surface area contributed by atoms with Crippen molar-refractivity contribution in [2.45, 2.75) is 30.8 Å². The second-order valence-electron chi connectivity index (χ2n) is 12.4. The molecule has 0 nitrogen and oxygen atoms in total. The van der Waals surface area contributed by atoms with E-state index < -0.39 is 8.80 Å². The van der Waals surface area contributed by atoms with Gasteiger partial charge in [0.15, 0.2) is 0 Å². The predicted octanol–water partition coefficient (Wildman–Crippen LogP) is 9.30. The van der Waals surface area contributed by atoms with Crippen LogP contribution < -0.4 is 5.19 Å². The molecule has 0 N–H and O–H groups in total. The Morgan fingerprint density at radius 2 is 0.750 bits per heavy atom. The number of fused-ring (bicyclic) bond motifs is 5. The Morgan fingerprint density at radius 3 is 1.14 bits per heavy atom. The number of hydrogen-bond acceptors (Lipinski definition) is 0. The third-order valence-electron chi connectivity index (χ3n) is 9.95. The molecule has 2 bridgehead atoms. The topological polar surface area (TPSA) is 0 Å². The van der Waals surface area contributed by atoms with E-state index in [1.54, 1.807) is 5.19 Å². The molecule has 0 saturated heterocycles. The average molecular weight is 580 g/mol. The van der Waals surface area contributed by atoms with Crippen molar-refractivity contribution in [2.75, 3.05) is 0 Å². The molecule has 44 heavy (non-hydrogen) atoms. The summed E-state index contributed by atoms with van der Waals surface area (Å²) in [6.45, 7) is 6.95. The third kappa shape index (κ3) is 3.51. The van der Waals surface area contributed by atoms with Crippen LogP contribution in [0.1, 0.15) is 50.1 Å². The maximum atomic E-state index is 2.45. The molecule has 0 saturated carbocycles. The molecule has 212 valence electrons. The van der Waals surface area contributed by atoms with Crippen LogP contribution in [0.4, 0.5) is 0 Å². The fourth-order valence-corrected chi connectivity index (χ4v) is 13.9. The summed E-state index contributed by atoms with van der Waals surface area (Å²) in [7, 11) is -1.56.